The highest BCUT2D eigenvalue weighted by Gasteiger charge is 2.34. The number of fused-ring (bicyclic) bond motifs is 5. The Morgan fingerprint density at radius 1 is 1.11 bits per heavy atom. The van der Waals surface area contributed by atoms with Gasteiger partial charge in [0.05, 0.1) is 32.5 Å². The maximum atomic E-state index is 14.5. The Bertz CT molecular complexity index is 1620. The summed E-state index contributed by atoms with van der Waals surface area (Å²) in [5.41, 5.74) is 5.27. The van der Waals surface area contributed by atoms with Crippen LogP contribution < -0.4 is 10.1 Å². The minimum absolute atomic E-state index is 0.145. The molecule has 0 fully saturated rings. The topological polar surface area (TPSA) is 96.3 Å². The van der Waals surface area contributed by atoms with Gasteiger partial charge in [-0.15, -0.1) is 0 Å². The summed E-state index contributed by atoms with van der Waals surface area (Å²) in [4.78, 5) is 31.0. The largest absolute Gasteiger partial charge is 0.497 e. The predicted octanol–water partition coefficient (Wildman–Crippen LogP) is 5.05. The maximum absolute atomic E-state index is 14.5. The molecule has 0 bridgehead atoms. The van der Waals surface area contributed by atoms with Crippen LogP contribution in [0.3, 0.4) is 0 Å². The number of urea groups is 1. The van der Waals surface area contributed by atoms with Crippen molar-refractivity contribution in [1.82, 2.24) is 19.7 Å². The molecule has 1 aliphatic rings. The van der Waals surface area contributed by atoms with Crippen LogP contribution in [0.25, 0.3) is 22.0 Å². The van der Waals surface area contributed by atoms with Gasteiger partial charge in [-0.2, -0.15) is 0 Å². The monoisotopic (exact) mass is 598 g/mol. The maximum Gasteiger partial charge on any atom is 0.317 e. The molecule has 9 heteroatoms. The van der Waals surface area contributed by atoms with Crippen molar-refractivity contribution in [3.8, 4) is 16.9 Å². The molecule has 4 aromatic rings. The predicted molar refractivity (Wildman–Crippen MR) is 172 cm³/mol. The number of ether oxygens (including phenoxy) is 2. The van der Waals surface area contributed by atoms with E-state index < -0.39 is 6.04 Å². The fourth-order valence-corrected chi connectivity index (χ4v) is 5.93. The van der Waals surface area contributed by atoms with E-state index in [1.54, 1.807) is 24.0 Å². The van der Waals surface area contributed by atoms with Gasteiger partial charge in [0.15, 0.2) is 0 Å². The number of carbonyl (C=O) groups is 2. The molecule has 5 rings (SSSR count). The molecule has 3 atom stereocenters. The third-order valence-corrected chi connectivity index (χ3v) is 8.63. The van der Waals surface area contributed by atoms with Crippen LogP contribution in [0.15, 0.2) is 72.8 Å². The van der Waals surface area contributed by atoms with Crippen molar-refractivity contribution in [2.45, 2.75) is 39.1 Å². The van der Waals surface area contributed by atoms with Gasteiger partial charge in [-0.05, 0) is 41.8 Å². The Balaban J connectivity index is 1.46. The summed E-state index contributed by atoms with van der Waals surface area (Å²) in [6.07, 6.45) is -0.376. The highest BCUT2D eigenvalue weighted by molar-refractivity contribution is 6.10. The molecule has 1 aliphatic heterocycles. The third kappa shape index (κ3) is 6.30. The van der Waals surface area contributed by atoms with Crippen molar-refractivity contribution in [2.75, 3.05) is 33.9 Å². The number of rotatable bonds is 7. The normalized spacial score (nSPS) is 17.8. The van der Waals surface area contributed by atoms with Crippen molar-refractivity contribution >= 4 is 22.8 Å². The molecule has 3 amide bonds. The zero-order valence-electron chi connectivity index (χ0n) is 26.1. The van der Waals surface area contributed by atoms with Crippen LogP contribution in [-0.4, -0.2) is 77.4 Å². The third-order valence-electron chi connectivity index (χ3n) is 8.63. The zero-order valence-corrected chi connectivity index (χ0v) is 26.1. The van der Waals surface area contributed by atoms with Gasteiger partial charge in [0.2, 0.25) is 0 Å². The van der Waals surface area contributed by atoms with Crippen molar-refractivity contribution in [3.63, 3.8) is 0 Å². The SMILES string of the molecule is COc1ccc(CNC(=O)N(C)C[C@H]2OCc3ccccc3-c3c(n(C)c4ccccc34)C(=O)N([C@H](C)CO)C[C@@H]2C)cc1. The van der Waals surface area contributed by atoms with Crippen LogP contribution >= 0.6 is 0 Å². The summed E-state index contributed by atoms with van der Waals surface area (Å²) >= 11 is 0. The summed E-state index contributed by atoms with van der Waals surface area (Å²) in [6, 6.07) is 23.0. The number of nitrogens with zero attached hydrogens (tertiary/aromatic N) is 3. The van der Waals surface area contributed by atoms with E-state index in [2.05, 4.69) is 5.32 Å². The highest BCUT2D eigenvalue weighted by Crippen LogP contribution is 2.38. The van der Waals surface area contributed by atoms with Crippen molar-refractivity contribution in [3.05, 3.63) is 89.6 Å². The summed E-state index contributed by atoms with van der Waals surface area (Å²) in [6.45, 7) is 5.09. The second kappa shape index (κ2) is 13.5. The molecule has 1 aromatic heterocycles. The number of aryl methyl sites for hydroxylation is 1. The average Bonchev–Trinajstić information content (AvgIpc) is 3.34. The minimum atomic E-state index is -0.419. The highest BCUT2D eigenvalue weighted by atomic mass is 16.5. The van der Waals surface area contributed by atoms with Gasteiger partial charge >= 0.3 is 6.03 Å². The van der Waals surface area contributed by atoms with Gasteiger partial charge in [-0.25, -0.2) is 4.79 Å². The molecule has 232 valence electrons. The smallest absolute Gasteiger partial charge is 0.317 e. The molecule has 0 unspecified atom stereocenters. The molecular formula is C35H42N4O5. The number of benzene rings is 3. The van der Waals surface area contributed by atoms with E-state index in [1.807, 2.05) is 98.3 Å². The Labute approximate surface area is 259 Å². The first-order chi connectivity index (χ1) is 21.2. The first-order valence-electron chi connectivity index (χ1n) is 15.0. The van der Waals surface area contributed by atoms with Crippen LogP contribution in [0, 0.1) is 5.92 Å². The molecule has 9 nitrogen and oxygen atoms in total. The van der Waals surface area contributed by atoms with E-state index in [-0.39, 0.29) is 30.6 Å². The second-order valence-corrected chi connectivity index (χ2v) is 11.7. The molecule has 0 saturated carbocycles. The van der Waals surface area contributed by atoms with Crippen LogP contribution in [0.4, 0.5) is 4.79 Å². The number of hydrogen-bond acceptors (Lipinski definition) is 5. The lowest BCUT2D eigenvalue weighted by atomic mass is 9.96. The lowest BCUT2D eigenvalue weighted by Crippen LogP contribution is -2.49. The number of aromatic nitrogens is 1. The Morgan fingerprint density at radius 2 is 1.82 bits per heavy atom. The van der Waals surface area contributed by atoms with Gasteiger partial charge in [0.1, 0.15) is 11.4 Å². The number of aliphatic hydroxyl groups excluding tert-OH is 1. The first-order valence-corrected chi connectivity index (χ1v) is 15.0. The summed E-state index contributed by atoms with van der Waals surface area (Å²) in [5, 5.41) is 14.2. The first kappa shape index (κ1) is 31.1. The summed E-state index contributed by atoms with van der Waals surface area (Å²) in [7, 11) is 5.29. The van der Waals surface area contributed by atoms with E-state index in [0.717, 1.165) is 38.9 Å². The molecular weight excluding hydrogens is 556 g/mol. The Kier molecular flexibility index (Phi) is 9.56. The van der Waals surface area contributed by atoms with Crippen LogP contribution in [0.2, 0.25) is 0 Å². The number of amides is 3. The number of para-hydroxylation sites is 1. The van der Waals surface area contributed by atoms with E-state index >= 15 is 0 Å². The van der Waals surface area contributed by atoms with E-state index in [9.17, 15) is 14.7 Å². The zero-order chi connectivity index (χ0) is 31.4. The second-order valence-electron chi connectivity index (χ2n) is 11.7. The van der Waals surface area contributed by atoms with Crippen LogP contribution in [0.5, 0.6) is 5.75 Å². The quantitative estimate of drug-likeness (QED) is 0.310. The van der Waals surface area contributed by atoms with Crippen LogP contribution in [0.1, 0.15) is 35.5 Å². The summed E-state index contributed by atoms with van der Waals surface area (Å²) in [5.74, 6) is 0.470. The minimum Gasteiger partial charge on any atom is -0.497 e. The molecule has 3 aromatic carbocycles. The van der Waals surface area contributed by atoms with E-state index in [4.69, 9.17) is 9.47 Å². The van der Waals surface area contributed by atoms with Gasteiger partial charge in [-0.1, -0.05) is 61.5 Å². The van der Waals surface area contributed by atoms with E-state index in [1.165, 1.54) is 0 Å². The molecule has 44 heavy (non-hydrogen) atoms. The number of carbonyl (C=O) groups excluding carboxylic acids is 2. The number of hydrogen-bond donors (Lipinski definition) is 2. The molecule has 2 heterocycles. The molecule has 0 aliphatic carbocycles. The van der Waals surface area contributed by atoms with Crippen molar-refractivity contribution < 1.29 is 24.2 Å². The van der Waals surface area contributed by atoms with Gasteiger partial charge in [0.25, 0.3) is 5.91 Å². The average molecular weight is 599 g/mol. The van der Waals surface area contributed by atoms with Crippen molar-refractivity contribution in [1.29, 1.82) is 0 Å². The fraction of sp³-hybridized carbons (Fsp3) is 0.371. The van der Waals surface area contributed by atoms with Crippen molar-refractivity contribution in [2.24, 2.45) is 13.0 Å². The molecule has 0 saturated heterocycles. The lowest BCUT2D eigenvalue weighted by Gasteiger charge is -2.35. The van der Waals surface area contributed by atoms with Gasteiger partial charge < -0.3 is 34.3 Å². The standard InChI is InChI=1S/C35H42N4O5/c1-23-19-39(24(2)21-40)34(41)33-32(29-12-8-9-13-30(29)38(33)4)28-11-7-6-10-26(28)22-44-31(23)20-37(3)35(42)36-18-25-14-16-27(43-5)17-15-25/h6-17,23-24,31,40H,18-22H2,1-5H3,(H,36,42)/t23-,24+,31+/m0/s1. The molecule has 0 spiro atoms. The van der Waals surface area contributed by atoms with Crippen LogP contribution in [-0.2, 0) is 24.9 Å². The fourth-order valence-electron chi connectivity index (χ4n) is 5.93. The lowest BCUT2D eigenvalue weighted by molar-refractivity contribution is -0.0185. The number of methoxy groups -OCH3 is 1. The van der Waals surface area contributed by atoms with E-state index in [0.29, 0.717) is 31.9 Å². The van der Waals surface area contributed by atoms with Gasteiger partial charge in [0, 0.05) is 56.1 Å². The summed E-state index contributed by atoms with van der Waals surface area (Å²) < 4.78 is 13.8. The Morgan fingerprint density at radius 3 is 2.55 bits per heavy atom. The molecule has 2 N–H and O–H groups in total. The number of nitrogens with one attached hydrogen (secondary N) is 1. The Hall–Kier alpha value is -4.34. The number of likely N-dealkylation sites (N-methyl/N-ethyl adjacent to an activating group) is 1. The molecule has 0 radical (unpaired) electrons. The van der Waals surface area contributed by atoms with Gasteiger partial charge in [-0.3, -0.25) is 4.79 Å². The number of aliphatic hydroxyl groups is 1.